The number of benzene rings is 2. The van der Waals surface area contributed by atoms with Crippen LogP contribution in [0.3, 0.4) is 0 Å². The molecule has 1 saturated heterocycles. The number of hydrogen-bond acceptors (Lipinski definition) is 3. The summed E-state index contributed by atoms with van der Waals surface area (Å²) in [5.74, 6) is -0.692. The van der Waals surface area contributed by atoms with Crippen molar-refractivity contribution < 1.29 is 13.9 Å². The van der Waals surface area contributed by atoms with Crippen molar-refractivity contribution in [2.24, 2.45) is 0 Å². The number of morpholine rings is 1. The summed E-state index contributed by atoms with van der Waals surface area (Å²) in [7, 11) is 0. The van der Waals surface area contributed by atoms with Crippen LogP contribution in [0.5, 0.6) is 0 Å². The Morgan fingerprint density at radius 2 is 1.85 bits per heavy atom. The van der Waals surface area contributed by atoms with Gasteiger partial charge in [-0.3, -0.25) is 9.69 Å². The number of nitrogens with one attached hydrogen (secondary N) is 1. The maximum absolute atomic E-state index is 13.1. The third-order valence-electron chi connectivity index (χ3n) is 4.37. The number of nitrogens with zero attached hydrogens (tertiary/aromatic N) is 1. The minimum absolute atomic E-state index is 0.0368. The Kier molecular flexibility index (Phi) is 6.98. The molecule has 4 nitrogen and oxygen atoms in total. The van der Waals surface area contributed by atoms with Crippen molar-refractivity contribution in [1.82, 2.24) is 10.2 Å². The molecule has 0 aromatic heterocycles. The lowest BCUT2D eigenvalue weighted by atomic mass is 10.1. The van der Waals surface area contributed by atoms with Crippen molar-refractivity contribution in [2.75, 3.05) is 26.3 Å². The van der Waals surface area contributed by atoms with Crippen molar-refractivity contribution in [3.8, 4) is 0 Å². The number of halogens is 2. The second-order valence-corrected chi connectivity index (χ2v) is 6.84. The molecule has 1 aliphatic heterocycles. The van der Waals surface area contributed by atoms with E-state index in [9.17, 15) is 9.18 Å². The van der Waals surface area contributed by atoms with E-state index < -0.39 is 5.82 Å². The van der Waals surface area contributed by atoms with Crippen LogP contribution in [0.15, 0.2) is 48.5 Å². The van der Waals surface area contributed by atoms with Gasteiger partial charge in [-0.2, -0.15) is 0 Å². The minimum atomic E-state index is -0.477. The van der Waals surface area contributed by atoms with E-state index in [1.807, 2.05) is 12.1 Å². The normalized spacial score (nSPS) is 15.2. The van der Waals surface area contributed by atoms with Crippen molar-refractivity contribution in [3.63, 3.8) is 0 Å². The second kappa shape index (κ2) is 9.65. The van der Waals surface area contributed by atoms with E-state index in [1.165, 1.54) is 23.8 Å². The Morgan fingerprint density at radius 1 is 1.15 bits per heavy atom. The zero-order valence-electron chi connectivity index (χ0n) is 15.0. The molecule has 0 radical (unpaired) electrons. The highest BCUT2D eigenvalue weighted by atomic mass is 35.5. The molecule has 1 heterocycles. The van der Waals surface area contributed by atoms with Crippen LogP contribution in [-0.2, 0) is 22.6 Å². The Bertz CT molecular complexity index is 802. The van der Waals surface area contributed by atoms with Crippen LogP contribution >= 0.6 is 11.6 Å². The van der Waals surface area contributed by atoms with Gasteiger partial charge in [0.05, 0.1) is 18.2 Å². The average molecular weight is 389 g/mol. The molecule has 1 N–H and O–H groups in total. The summed E-state index contributed by atoms with van der Waals surface area (Å²) in [5, 5.41) is 2.87. The molecular weight excluding hydrogens is 367 g/mol. The van der Waals surface area contributed by atoms with Gasteiger partial charge in [0.2, 0.25) is 5.91 Å². The van der Waals surface area contributed by atoms with Gasteiger partial charge in [-0.05, 0) is 34.9 Å². The number of rotatable bonds is 6. The molecule has 0 spiro atoms. The van der Waals surface area contributed by atoms with E-state index in [4.69, 9.17) is 16.3 Å². The third-order valence-corrected chi connectivity index (χ3v) is 4.66. The zero-order valence-corrected chi connectivity index (χ0v) is 15.7. The Hall–Kier alpha value is -2.21. The van der Waals surface area contributed by atoms with Gasteiger partial charge < -0.3 is 10.1 Å². The molecule has 0 bridgehead atoms. The van der Waals surface area contributed by atoms with Gasteiger partial charge >= 0.3 is 0 Å². The van der Waals surface area contributed by atoms with Gasteiger partial charge in [-0.25, -0.2) is 4.39 Å². The van der Waals surface area contributed by atoms with Gasteiger partial charge in [0, 0.05) is 32.3 Å². The molecule has 1 amide bonds. The lowest BCUT2D eigenvalue weighted by molar-refractivity contribution is -0.116. The largest absolute Gasteiger partial charge is 0.379 e. The molecule has 0 saturated carbocycles. The Labute approximate surface area is 163 Å². The number of ether oxygens (including phenoxy) is 1. The second-order valence-electron chi connectivity index (χ2n) is 6.43. The Balaban J connectivity index is 1.46. The zero-order chi connectivity index (χ0) is 19.1. The predicted octanol–water partition coefficient (Wildman–Crippen LogP) is 3.64. The highest BCUT2D eigenvalue weighted by molar-refractivity contribution is 6.30. The van der Waals surface area contributed by atoms with Gasteiger partial charge in [-0.15, -0.1) is 0 Å². The van der Waals surface area contributed by atoms with Crippen molar-refractivity contribution in [2.45, 2.75) is 13.1 Å². The monoisotopic (exact) mass is 388 g/mol. The molecule has 0 aliphatic carbocycles. The number of hydrogen-bond donors (Lipinski definition) is 1. The molecule has 2 aromatic rings. The van der Waals surface area contributed by atoms with Crippen LogP contribution in [0.4, 0.5) is 4.39 Å². The maximum atomic E-state index is 13.1. The minimum Gasteiger partial charge on any atom is -0.379 e. The topological polar surface area (TPSA) is 41.6 Å². The fourth-order valence-electron chi connectivity index (χ4n) is 2.82. The lowest BCUT2D eigenvalue weighted by Gasteiger charge is -2.26. The summed E-state index contributed by atoms with van der Waals surface area (Å²) < 4.78 is 18.5. The van der Waals surface area contributed by atoms with Crippen LogP contribution in [0.2, 0.25) is 5.02 Å². The molecule has 1 aliphatic rings. The van der Waals surface area contributed by atoms with E-state index >= 15 is 0 Å². The fraction of sp³-hybridized carbons (Fsp3) is 0.286. The van der Waals surface area contributed by atoms with Crippen LogP contribution in [-0.4, -0.2) is 37.1 Å². The SMILES string of the molecule is O=C(/C=C/c1ccc(F)c(Cl)c1)NCc1ccc(CN2CCOCC2)cc1. The van der Waals surface area contributed by atoms with Crippen molar-refractivity contribution >= 4 is 23.6 Å². The van der Waals surface area contributed by atoms with E-state index in [0.717, 1.165) is 38.4 Å². The van der Waals surface area contributed by atoms with Crippen molar-refractivity contribution in [1.29, 1.82) is 0 Å². The number of carbonyl (C=O) groups is 1. The van der Waals surface area contributed by atoms with E-state index in [2.05, 4.69) is 22.3 Å². The van der Waals surface area contributed by atoms with Crippen LogP contribution in [0.1, 0.15) is 16.7 Å². The molecule has 3 rings (SSSR count). The van der Waals surface area contributed by atoms with Gasteiger partial charge in [0.15, 0.2) is 0 Å². The molecule has 0 unspecified atom stereocenters. The standard InChI is InChI=1S/C21H22ClFN2O2/c22-19-13-16(5-7-20(19)23)6-8-21(26)24-14-17-1-3-18(4-2-17)15-25-9-11-27-12-10-25/h1-8,13H,9-12,14-15H2,(H,24,26)/b8-6+. The van der Waals surface area contributed by atoms with Crippen LogP contribution in [0.25, 0.3) is 6.08 Å². The van der Waals surface area contributed by atoms with Gasteiger partial charge in [-0.1, -0.05) is 41.9 Å². The summed E-state index contributed by atoms with van der Waals surface area (Å²) in [5.41, 5.74) is 2.95. The summed E-state index contributed by atoms with van der Waals surface area (Å²) in [6.07, 6.45) is 3.02. The first kappa shape index (κ1) is 19.5. The third kappa shape index (κ3) is 6.17. The smallest absolute Gasteiger partial charge is 0.244 e. The Morgan fingerprint density at radius 3 is 2.56 bits per heavy atom. The first-order chi connectivity index (χ1) is 13.1. The quantitative estimate of drug-likeness (QED) is 0.768. The summed E-state index contributed by atoms with van der Waals surface area (Å²) in [4.78, 5) is 14.3. The van der Waals surface area contributed by atoms with E-state index in [0.29, 0.717) is 12.1 Å². The molecular formula is C21H22ClFN2O2. The lowest BCUT2D eigenvalue weighted by Crippen LogP contribution is -2.35. The van der Waals surface area contributed by atoms with Gasteiger partial charge in [0.25, 0.3) is 0 Å². The predicted molar refractivity (Wildman–Crippen MR) is 105 cm³/mol. The summed E-state index contributed by atoms with van der Waals surface area (Å²) in [6, 6.07) is 12.6. The van der Waals surface area contributed by atoms with E-state index in [-0.39, 0.29) is 10.9 Å². The highest BCUT2D eigenvalue weighted by Crippen LogP contribution is 2.16. The number of amides is 1. The summed E-state index contributed by atoms with van der Waals surface area (Å²) in [6.45, 7) is 4.88. The maximum Gasteiger partial charge on any atom is 0.244 e. The average Bonchev–Trinajstić information content (AvgIpc) is 2.69. The van der Waals surface area contributed by atoms with Crippen LogP contribution in [0, 0.1) is 5.82 Å². The molecule has 0 atom stereocenters. The molecule has 27 heavy (non-hydrogen) atoms. The van der Waals surface area contributed by atoms with Gasteiger partial charge in [0.1, 0.15) is 5.82 Å². The van der Waals surface area contributed by atoms with Crippen molar-refractivity contribution in [3.05, 3.63) is 76.1 Å². The first-order valence-corrected chi connectivity index (χ1v) is 9.27. The molecule has 6 heteroatoms. The van der Waals surface area contributed by atoms with Crippen LogP contribution < -0.4 is 5.32 Å². The fourth-order valence-corrected chi connectivity index (χ4v) is 3.01. The van der Waals surface area contributed by atoms with E-state index in [1.54, 1.807) is 12.1 Å². The highest BCUT2D eigenvalue weighted by Gasteiger charge is 2.10. The molecule has 1 fully saturated rings. The number of carbonyl (C=O) groups excluding carboxylic acids is 1. The molecule has 2 aromatic carbocycles. The molecule has 142 valence electrons. The first-order valence-electron chi connectivity index (χ1n) is 8.89. The summed E-state index contributed by atoms with van der Waals surface area (Å²) >= 11 is 5.73.